The fraction of sp³-hybridized carbons (Fsp3) is 0.688. The van der Waals surface area contributed by atoms with Gasteiger partial charge in [0.05, 0.1) is 0 Å². The van der Waals surface area contributed by atoms with Gasteiger partial charge in [0.2, 0.25) is 10.0 Å². The summed E-state index contributed by atoms with van der Waals surface area (Å²) in [7, 11) is -3.54. The quantitative estimate of drug-likeness (QED) is 0.806. The molecule has 1 unspecified atom stereocenters. The second kappa shape index (κ2) is 6.94. The molecule has 2 aliphatic heterocycles. The molecule has 0 spiro atoms. The van der Waals surface area contributed by atoms with Crippen LogP contribution < -0.4 is 5.73 Å². The summed E-state index contributed by atoms with van der Waals surface area (Å²) in [5.74, 6) is 1.44. The van der Waals surface area contributed by atoms with E-state index >= 15 is 0 Å². The molecule has 3 heterocycles. The molecule has 1 aromatic heterocycles. The van der Waals surface area contributed by atoms with E-state index in [4.69, 9.17) is 5.73 Å². The number of thioether (sulfide) groups is 1. The first-order chi connectivity index (χ1) is 11.7. The van der Waals surface area contributed by atoms with Gasteiger partial charge >= 0.3 is 0 Å². The topological polar surface area (TPSA) is 99.5 Å². The Bertz CT molecular complexity index is 738. The van der Waals surface area contributed by atoms with Gasteiger partial charge < -0.3 is 15.6 Å². The summed E-state index contributed by atoms with van der Waals surface area (Å²) < 4.78 is 26.9. The number of aromatic amines is 1. The normalized spacial score (nSPS) is 25.1. The maximum absolute atomic E-state index is 12.8. The van der Waals surface area contributed by atoms with E-state index in [1.165, 1.54) is 16.6 Å². The van der Waals surface area contributed by atoms with Crippen molar-refractivity contribution in [3.63, 3.8) is 0 Å². The van der Waals surface area contributed by atoms with Gasteiger partial charge in [-0.3, -0.25) is 4.79 Å². The summed E-state index contributed by atoms with van der Waals surface area (Å²) in [4.78, 5) is 17.5. The summed E-state index contributed by atoms with van der Waals surface area (Å²) >= 11 is 1.75. The third-order valence-electron chi connectivity index (χ3n) is 5.09. The lowest BCUT2D eigenvalue weighted by Gasteiger charge is -2.42. The lowest BCUT2D eigenvalue weighted by atomic mass is 9.79. The van der Waals surface area contributed by atoms with Crippen molar-refractivity contribution < 1.29 is 13.2 Å². The molecular formula is C16H26N4O3S2. The number of carbonyl (C=O) groups excluding carboxylic acids is 1. The molecule has 2 saturated heterocycles. The predicted octanol–water partition coefficient (Wildman–Crippen LogP) is 0.952. The highest BCUT2D eigenvalue weighted by molar-refractivity contribution is 7.99. The van der Waals surface area contributed by atoms with Crippen LogP contribution in [0.15, 0.2) is 17.2 Å². The molecule has 7 nitrogen and oxygen atoms in total. The van der Waals surface area contributed by atoms with E-state index in [0.29, 0.717) is 31.9 Å². The highest BCUT2D eigenvalue weighted by Crippen LogP contribution is 2.29. The van der Waals surface area contributed by atoms with E-state index in [1.807, 2.05) is 0 Å². The standard InChI is InChI=1S/C16H26N4O3S2/c1-16(2)11-19(4-3-14(16)17)15(21)13-9-12(10-18-13)25(22,23)20-5-7-24-8-6-20/h9-10,14,18H,3-8,11,17H2,1-2H3. The highest BCUT2D eigenvalue weighted by Gasteiger charge is 2.36. The zero-order chi connectivity index (χ0) is 18.2. The fourth-order valence-electron chi connectivity index (χ4n) is 3.30. The molecule has 25 heavy (non-hydrogen) atoms. The van der Waals surface area contributed by atoms with Gasteiger partial charge in [-0.25, -0.2) is 8.42 Å². The number of hydrogen-bond donors (Lipinski definition) is 2. The summed E-state index contributed by atoms with van der Waals surface area (Å²) in [6, 6.07) is 1.52. The summed E-state index contributed by atoms with van der Waals surface area (Å²) in [5, 5.41) is 0. The molecule has 1 aromatic rings. The molecule has 0 aliphatic carbocycles. The van der Waals surface area contributed by atoms with Crippen LogP contribution >= 0.6 is 11.8 Å². The first-order valence-corrected chi connectivity index (χ1v) is 11.1. The van der Waals surface area contributed by atoms with E-state index in [2.05, 4.69) is 18.8 Å². The summed E-state index contributed by atoms with van der Waals surface area (Å²) in [6.45, 7) is 6.29. The molecule has 9 heteroatoms. The molecule has 3 rings (SSSR count). The number of sulfonamides is 1. The van der Waals surface area contributed by atoms with Crippen LogP contribution in [0.5, 0.6) is 0 Å². The molecule has 2 aliphatic rings. The van der Waals surface area contributed by atoms with E-state index in [0.717, 1.165) is 17.9 Å². The van der Waals surface area contributed by atoms with Crippen molar-refractivity contribution in [1.82, 2.24) is 14.2 Å². The zero-order valence-electron chi connectivity index (χ0n) is 14.7. The maximum atomic E-state index is 12.8. The second-order valence-corrected chi connectivity index (χ2v) is 10.5. The minimum atomic E-state index is -3.54. The Morgan fingerprint density at radius 2 is 2.00 bits per heavy atom. The Balaban J connectivity index is 1.76. The zero-order valence-corrected chi connectivity index (χ0v) is 16.3. The molecule has 2 fully saturated rings. The number of nitrogens with zero attached hydrogens (tertiary/aromatic N) is 2. The number of aromatic nitrogens is 1. The second-order valence-electron chi connectivity index (χ2n) is 7.38. The van der Waals surface area contributed by atoms with Crippen LogP contribution in [0.25, 0.3) is 0 Å². The molecule has 0 aromatic carbocycles. The number of nitrogens with two attached hydrogens (primary N) is 1. The summed E-state index contributed by atoms with van der Waals surface area (Å²) in [5.41, 5.74) is 6.29. The first-order valence-electron chi connectivity index (χ1n) is 8.53. The average molecular weight is 387 g/mol. The number of piperidine rings is 1. The lowest BCUT2D eigenvalue weighted by molar-refractivity contribution is 0.0528. The van der Waals surface area contributed by atoms with Gasteiger partial charge in [-0.2, -0.15) is 16.1 Å². The smallest absolute Gasteiger partial charge is 0.270 e. The maximum Gasteiger partial charge on any atom is 0.270 e. The van der Waals surface area contributed by atoms with Crippen LogP contribution in [-0.2, 0) is 10.0 Å². The molecular weight excluding hydrogens is 360 g/mol. The molecule has 0 bridgehead atoms. The predicted molar refractivity (Wildman–Crippen MR) is 99.2 cm³/mol. The van der Waals surface area contributed by atoms with Crippen LogP contribution in [0, 0.1) is 5.41 Å². The van der Waals surface area contributed by atoms with Crippen molar-refractivity contribution in [1.29, 1.82) is 0 Å². The van der Waals surface area contributed by atoms with Crippen LogP contribution in [0.3, 0.4) is 0 Å². The Labute approximate surface area is 153 Å². The fourth-order valence-corrected chi connectivity index (χ4v) is 5.87. The highest BCUT2D eigenvalue weighted by atomic mass is 32.2. The van der Waals surface area contributed by atoms with Crippen molar-refractivity contribution in [3.05, 3.63) is 18.0 Å². The van der Waals surface area contributed by atoms with Crippen molar-refractivity contribution >= 4 is 27.7 Å². The number of likely N-dealkylation sites (tertiary alicyclic amines) is 1. The molecule has 1 amide bonds. The van der Waals surface area contributed by atoms with Crippen molar-refractivity contribution in [3.8, 4) is 0 Å². The van der Waals surface area contributed by atoms with E-state index in [1.54, 1.807) is 16.7 Å². The third-order valence-corrected chi connectivity index (χ3v) is 7.91. The summed E-state index contributed by atoms with van der Waals surface area (Å²) in [6.07, 6.45) is 2.17. The first kappa shape index (κ1) is 18.8. The Kier molecular flexibility index (Phi) is 5.21. The third kappa shape index (κ3) is 3.74. The average Bonchev–Trinajstić information content (AvgIpc) is 3.08. The number of amides is 1. The number of H-pyrrole nitrogens is 1. The van der Waals surface area contributed by atoms with Gasteiger partial charge in [-0.1, -0.05) is 13.8 Å². The van der Waals surface area contributed by atoms with Crippen LogP contribution in [0.2, 0.25) is 0 Å². The van der Waals surface area contributed by atoms with Crippen LogP contribution in [-0.4, -0.2) is 72.2 Å². The SMILES string of the molecule is CC1(C)CN(C(=O)c2cc(S(=O)(=O)N3CCSCC3)c[nH]2)CCC1N. The van der Waals surface area contributed by atoms with Gasteiger partial charge in [0.1, 0.15) is 10.6 Å². The number of hydrogen-bond acceptors (Lipinski definition) is 5. The van der Waals surface area contributed by atoms with Crippen LogP contribution in [0.4, 0.5) is 0 Å². The minimum absolute atomic E-state index is 0.0631. The Hall–Kier alpha value is -1.03. The molecule has 0 saturated carbocycles. The molecule has 3 N–H and O–H groups in total. The van der Waals surface area contributed by atoms with Gasteiger partial charge in [0.25, 0.3) is 5.91 Å². The van der Waals surface area contributed by atoms with Gasteiger partial charge in [-0.05, 0) is 17.9 Å². The monoisotopic (exact) mass is 386 g/mol. The minimum Gasteiger partial charge on any atom is -0.356 e. The number of carbonyl (C=O) groups is 1. The van der Waals surface area contributed by atoms with Gasteiger partial charge in [0.15, 0.2) is 0 Å². The molecule has 1 atom stereocenters. The van der Waals surface area contributed by atoms with Gasteiger partial charge in [0, 0.05) is 49.9 Å². The Morgan fingerprint density at radius 3 is 2.64 bits per heavy atom. The number of nitrogens with one attached hydrogen (secondary N) is 1. The van der Waals surface area contributed by atoms with Crippen molar-refractivity contribution in [2.75, 3.05) is 37.7 Å². The lowest BCUT2D eigenvalue weighted by Crippen LogP contribution is -2.54. The van der Waals surface area contributed by atoms with Crippen molar-refractivity contribution in [2.24, 2.45) is 11.1 Å². The number of rotatable bonds is 3. The Morgan fingerprint density at radius 1 is 1.32 bits per heavy atom. The molecule has 0 radical (unpaired) electrons. The van der Waals surface area contributed by atoms with Crippen LogP contribution in [0.1, 0.15) is 30.8 Å². The van der Waals surface area contributed by atoms with E-state index < -0.39 is 10.0 Å². The van der Waals surface area contributed by atoms with E-state index in [-0.39, 0.29) is 22.3 Å². The van der Waals surface area contributed by atoms with E-state index in [9.17, 15) is 13.2 Å². The molecule has 140 valence electrons. The van der Waals surface area contributed by atoms with Gasteiger partial charge in [-0.15, -0.1) is 0 Å². The largest absolute Gasteiger partial charge is 0.356 e. The van der Waals surface area contributed by atoms with Crippen molar-refractivity contribution in [2.45, 2.75) is 31.2 Å².